The van der Waals surface area contributed by atoms with Gasteiger partial charge < -0.3 is 18.3 Å². The first kappa shape index (κ1) is 26.3. The molecule has 1 aliphatic heterocycles. The van der Waals surface area contributed by atoms with Crippen LogP contribution < -0.4 is 0 Å². The van der Waals surface area contributed by atoms with Crippen LogP contribution in [0, 0.1) is 0 Å². The van der Waals surface area contributed by atoms with Crippen LogP contribution in [0.25, 0.3) is 0 Å². The molecular formula is C20H41BrO5Si2. The van der Waals surface area contributed by atoms with Gasteiger partial charge in [0.15, 0.2) is 16.6 Å². The van der Waals surface area contributed by atoms with Gasteiger partial charge in [0.2, 0.25) is 6.29 Å². The van der Waals surface area contributed by atoms with Crippen LogP contribution in [-0.2, 0) is 23.1 Å². The van der Waals surface area contributed by atoms with Crippen LogP contribution in [-0.4, -0.2) is 52.0 Å². The van der Waals surface area contributed by atoms with E-state index in [0.717, 1.165) is 0 Å². The third kappa shape index (κ3) is 6.14. The number of hydrogen-bond acceptors (Lipinski definition) is 5. The van der Waals surface area contributed by atoms with Gasteiger partial charge in [-0.2, -0.15) is 0 Å². The van der Waals surface area contributed by atoms with E-state index >= 15 is 0 Å². The number of ether oxygens (including phenoxy) is 2. The summed E-state index contributed by atoms with van der Waals surface area (Å²) in [4.78, 5) is 11.3. The van der Waals surface area contributed by atoms with Gasteiger partial charge in [-0.05, 0) is 43.2 Å². The predicted octanol–water partition coefficient (Wildman–Crippen LogP) is 5.84. The summed E-state index contributed by atoms with van der Waals surface area (Å²) in [5, 5.41) is 0.127. The van der Waals surface area contributed by atoms with Crippen molar-refractivity contribution in [2.75, 3.05) is 0 Å². The number of alkyl halides is 1. The van der Waals surface area contributed by atoms with Crippen molar-refractivity contribution in [3.8, 4) is 0 Å². The van der Waals surface area contributed by atoms with E-state index in [9.17, 15) is 4.79 Å². The normalized spacial score (nSPS) is 30.2. The smallest absolute Gasteiger partial charge is 0.304 e. The Labute approximate surface area is 182 Å². The van der Waals surface area contributed by atoms with Gasteiger partial charge in [0, 0.05) is 6.92 Å². The Balaban J connectivity index is 3.28. The molecule has 5 atom stereocenters. The van der Waals surface area contributed by atoms with Gasteiger partial charge in [-0.15, -0.1) is 0 Å². The first-order chi connectivity index (χ1) is 12.3. The minimum absolute atomic E-state index is 0.0553. The maximum atomic E-state index is 11.6. The molecule has 166 valence electrons. The van der Waals surface area contributed by atoms with Crippen molar-refractivity contribution in [2.24, 2.45) is 0 Å². The van der Waals surface area contributed by atoms with Crippen molar-refractivity contribution in [3.05, 3.63) is 0 Å². The molecule has 0 aromatic carbocycles. The summed E-state index contributed by atoms with van der Waals surface area (Å²) in [6.07, 6.45) is -1.43. The fourth-order valence-corrected chi connectivity index (χ4v) is 6.07. The summed E-state index contributed by atoms with van der Waals surface area (Å²) in [6, 6.07) is 0. The standard InChI is InChI=1S/C20H41BrO5Si2/c1-13-16(25-27(9,10)19(3,4)5)17(26-28(11,12)20(6,7)8)15(21)18(23-13)24-14(2)22/h13,15-18H,1-12H3/t13-,15-,16-,17-,18+/m0/s1. The predicted molar refractivity (Wildman–Crippen MR) is 123 cm³/mol. The molecule has 0 radical (unpaired) electrons. The minimum atomic E-state index is -2.09. The zero-order chi connectivity index (χ0) is 22.3. The van der Waals surface area contributed by atoms with Crippen LogP contribution in [0.4, 0.5) is 0 Å². The van der Waals surface area contributed by atoms with Gasteiger partial charge in [-0.1, -0.05) is 57.5 Å². The monoisotopic (exact) mass is 496 g/mol. The van der Waals surface area contributed by atoms with E-state index < -0.39 is 22.9 Å². The number of esters is 1. The molecule has 0 bridgehead atoms. The van der Waals surface area contributed by atoms with Crippen molar-refractivity contribution in [2.45, 2.75) is 121 Å². The molecule has 0 saturated carbocycles. The maximum Gasteiger partial charge on any atom is 0.304 e. The molecule has 0 aromatic rings. The van der Waals surface area contributed by atoms with Gasteiger partial charge in [-0.3, -0.25) is 4.79 Å². The van der Waals surface area contributed by atoms with E-state index in [1.54, 1.807) is 0 Å². The maximum absolute atomic E-state index is 11.6. The molecule has 1 fully saturated rings. The van der Waals surface area contributed by atoms with E-state index in [1.165, 1.54) is 6.92 Å². The Morgan fingerprint density at radius 1 is 0.893 bits per heavy atom. The molecule has 1 saturated heterocycles. The fourth-order valence-electron chi connectivity index (χ4n) is 2.55. The third-order valence-corrected chi connectivity index (χ3v) is 16.4. The first-order valence-electron chi connectivity index (χ1n) is 10.1. The zero-order valence-corrected chi connectivity index (χ0v) is 23.4. The molecule has 28 heavy (non-hydrogen) atoms. The Hall–Kier alpha value is 0.264. The van der Waals surface area contributed by atoms with E-state index in [-0.39, 0.29) is 39.2 Å². The molecule has 0 N–H and O–H groups in total. The molecule has 0 aromatic heterocycles. The van der Waals surface area contributed by atoms with Crippen molar-refractivity contribution >= 4 is 38.5 Å². The Morgan fingerprint density at radius 3 is 1.64 bits per heavy atom. The van der Waals surface area contributed by atoms with Gasteiger partial charge in [-0.25, -0.2) is 0 Å². The summed E-state index contributed by atoms with van der Waals surface area (Å²) in [7, 11) is -4.14. The zero-order valence-electron chi connectivity index (χ0n) is 19.8. The Bertz CT molecular complexity index is 554. The van der Waals surface area contributed by atoms with Crippen LogP contribution in [0.1, 0.15) is 55.4 Å². The highest BCUT2D eigenvalue weighted by atomic mass is 79.9. The molecule has 0 unspecified atom stereocenters. The van der Waals surface area contributed by atoms with E-state index in [2.05, 4.69) is 83.7 Å². The average Bonchev–Trinajstić information content (AvgIpc) is 2.45. The summed E-state index contributed by atoms with van der Waals surface area (Å²) in [5.74, 6) is -0.364. The number of carbonyl (C=O) groups is 1. The molecule has 8 heteroatoms. The number of halogens is 1. The van der Waals surface area contributed by atoms with Gasteiger partial charge >= 0.3 is 5.97 Å². The van der Waals surface area contributed by atoms with Crippen molar-refractivity contribution in [1.29, 1.82) is 0 Å². The van der Waals surface area contributed by atoms with Gasteiger partial charge in [0.25, 0.3) is 0 Å². The second kappa shape index (κ2) is 8.79. The van der Waals surface area contributed by atoms with Crippen molar-refractivity contribution in [1.82, 2.24) is 0 Å². The highest BCUT2D eigenvalue weighted by molar-refractivity contribution is 9.09. The minimum Gasteiger partial charge on any atom is -0.435 e. The SMILES string of the molecule is CC(=O)O[C@H]1O[C@@H](C)[C@H](O[Si](C)(C)C(C)(C)C)[C@@H](O[Si](C)(C)C(C)(C)C)[C@@H]1Br. The Morgan fingerprint density at radius 2 is 1.29 bits per heavy atom. The highest BCUT2D eigenvalue weighted by Gasteiger charge is 2.53. The highest BCUT2D eigenvalue weighted by Crippen LogP contribution is 2.44. The molecule has 0 amide bonds. The van der Waals surface area contributed by atoms with E-state index in [4.69, 9.17) is 18.3 Å². The van der Waals surface area contributed by atoms with Crippen LogP contribution in [0.2, 0.25) is 36.3 Å². The van der Waals surface area contributed by atoms with Crippen LogP contribution in [0.5, 0.6) is 0 Å². The average molecular weight is 498 g/mol. The first-order valence-corrected chi connectivity index (χ1v) is 16.9. The number of rotatable bonds is 5. The van der Waals surface area contributed by atoms with E-state index in [1.807, 2.05) is 6.92 Å². The lowest BCUT2D eigenvalue weighted by Gasteiger charge is -2.51. The number of carbonyl (C=O) groups excluding carboxylic acids is 1. The van der Waals surface area contributed by atoms with Gasteiger partial charge in [0.1, 0.15) is 4.83 Å². The molecule has 1 rings (SSSR count). The largest absolute Gasteiger partial charge is 0.435 e. The second-order valence-corrected chi connectivity index (χ2v) is 21.5. The van der Waals surface area contributed by atoms with Crippen LogP contribution in [0.3, 0.4) is 0 Å². The summed E-state index contributed by atoms with van der Waals surface area (Å²) in [5.41, 5.74) is 0. The lowest BCUT2D eigenvalue weighted by atomic mass is 10.0. The molecule has 0 aliphatic carbocycles. The summed E-state index contributed by atoms with van der Waals surface area (Å²) >= 11 is 3.73. The van der Waals surface area contributed by atoms with Crippen LogP contribution >= 0.6 is 15.9 Å². The summed E-state index contributed by atoms with van der Waals surface area (Å²) < 4.78 is 25.1. The second-order valence-electron chi connectivity index (χ2n) is 10.9. The van der Waals surface area contributed by atoms with Crippen molar-refractivity contribution in [3.63, 3.8) is 0 Å². The molecule has 1 aliphatic rings. The lowest BCUT2D eigenvalue weighted by molar-refractivity contribution is -0.230. The van der Waals surface area contributed by atoms with E-state index in [0.29, 0.717) is 0 Å². The third-order valence-electron chi connectivity index (χ3n) is 6.46. The fraction of sp³-hybridized carbons (Fsp3) is 0.950. The quantitative estimate of drug-likeness (QED) is 0.271. The molecular weight excluding hydrogens is 456 g/mol. The molecule has 5 nitrogen and oxygen atoms in total. The van der Waals surface area contributed by atoms with Gasteiger partial charge in [0.05, 0.1) is 18.3 Å². The molecule has 1 heterocycles. The number of hydrogen-bond donors (Lipinski definition) is 0. The topological polar surface area (TPSA) is 54.0 Å². The Kier molecular flexibility index (Phi) is 8.25. The lowest BCUT2D eigenvalue weighted by Crippen LogP contribution is -2.63. The molecule has 0 spiro atoms. The summed E-state index contributed by atoms with van der Waals surface area (Å²) in [6.45, 7) is 25.7. The van der Waals surface area contributed by atoms with Crippen molar-refractivity contribution < 1.29 is 23.1 Å². The van der Waals surface area contributed by atoms with Crippen LogP contribution in [0.15, 0.2) is 0 Å².